The van der Waals surface area contributed by atoms with Crippen LogP contribution in [0.1, 0.15) is 26.5 Å². The van der Waals surface area contributed by atoms with Gasteiger partial charge in [0.25, 0.3) is 5.91 Å². The lowest BCUT2D eigenvalue weighted by molar-refractivity contribution is 0.0949. The molecule has 1 aromatic heterocycles. The highest BCUT2D eigenvalue weighted by Crippen LogP contribution is 2.18. The number of nitrogens with one attached hydrogen (secondary N) is 1. The summed E-state index contributed by atoms with van der Waals surface area (Å²) in [4.78, 5) is 22.0. The topological polar surface area (TPSA) is 94.6 Å². The molecule has 0 saturated heterocycles. The molecule has 0 aliphatic heterocycles. The third kappa shape index (κ3) is 3.01. The molecule has 6 nitrogen and oxygen atoms in total. The number of furan rings is 1. The fourth-order valence-corrected chi connectivity index (χ4v) is 1.62. The van der Waals surface area contributed by atoms with Crippen molar-refractivity contribution < 1.29 is 23.1 Å². The van der Waals surface area contributed by atoms with Gasteiger partial charge in [-0.15, -0.1) is 0 Å². The van der Waals surface area contributed by atoms with Crippen molar-refractivity contribution in [2.45, 2.75) is 6.61 Å². The van der Waals surface area contributed by atoms with E-state index in [1.165, 1.54) is 18.4 Å². The summed E-state index contributed by atoms with van der Waals surface area (Å²) in [5, 5.41) is 0. The van der Waals surface area contributed by atoms with Crippen molar-refractivity contribution in [3.63, 3.8) is 0 Å². The van der Waals surface area contributed by atoms with Gasteiger partial charge in [0.1, 0.15) is 24.5 Å². The first-order valence-electron chi connectivity index (χ1n) is 5.60. The Kier molecular flexibility index (Phi) is 4.11. The minimum Gasteiger partial charge on any atom is -0.486 e. The summed E-state index contributed by atoms with van der Waals surface area (Å²) in [6.07, 6.45) is 1.82. The van der Waals surface area contributed by atoms with Crippen LogP contribution in [-0.4, -0.2) is 12.2 Å². The van der Waals surface area contributed by atoms with E-state index in [1.807, 2.05) is 5.43 Å². The Morgan fingerprint density at radius 2 is 2.25 bits per heavy atom. The lowest BCUT2D eigenvalue weighted by Crippen LogP contribution is -2.30. The standard InChI is InChI=1S/C13H11FN2O4/c14-9-3-8(6-17)4-10(5-9)20-7-12-11(1-2-19-12)13(18)16-15/h1-6H,7,15H2,(H,16,18). The quantitative estimate of drug-likeness (QED) is 0.373. The number of hydrogen-bond acceptors (Lipinski definition) is 5. The summed E-state index contributed by atoms with van der Waals surface area (Å²) in [5.41, 5.74) is 2.35. The predicted molar refractivity (Wildman–Crippen MR) is 66.5 cm³/mol. The van der Waals surface area contributed by atoms with E-state index in [-0.39, 0.29) is 29.2 Å². The number of ether oxygens (including phenoxy) is 1. The van der Waals surface area contributed by atoms with E-state index < -0.39 is 11.7 Å². The number of halogens is 1. The molecule has 104 valence electrons. The Morgan fingerprint density at radius 1 is 1.45 bits per heavy atom. The largest absolute Gasteiger partial charge is 0.486 e. The molecule has 0 unspecified atom stereocenters. The third-order valence-corrected chi connectivity index (χ3v) is 2.52. The number of benzene rings is 1. The minimum absolute atomic E-state index is 0.0997. The molecule has 0 spiro atoms. The maximum atomic E-state index is 13.2. The van der Waals surface area contributed by atoms with Crippen molar-refractivity contribution in [3.8, 4) is 5.75 Å². The molecular weight excluding hydrogens is 267 g/mol. The molecule has 2 aromatic rings. The van der Waals surface area contributed by atoms with E-state index in [1.54, 1.807) is 0 Å². The zero-order chi connectivity index (χ0) is 14.5. The lowest BCUT2D eigenvalue weighted by atomic mass is 10.2. The average molecular weight is 278 g/mol. The molecule has 1 amide bonds. The first kappa shape index (κ1) is 13.8. The van der Waals surface area contributed by atoms with E-state index >= 15 is 0 Å². The van der Waals surface area contributed by atoms with Crippen LogP contribution < -0.4 is 16.0 Å². The summed E-state index contributed by atoms with van der Waals surface area (Å²) in [6.45, 7) is -0.0997. The molecule has 0 fully saturated rings. The number of amides is 1. The van der Waals surface area contributed by atoms with Gasteiger partial charge in [-0.3, -0.25) is 15.0 Å². The molecule has 0 atom stereocenters. The van der Waals surface area contributed by atoms with Crippen molar-refractivity contribution in [1.82, 2.24) is 5.43 Å². The van der Waals surface area contributed by atoms with Gasteiger partial charge in [-0.25, -0.2) is 10.2 Å². The smallest absolute Gasteiger partial charge is 0.268 e. The van der Waals surface area contributed by atoms with Crippen LogP contribution in [0.15, 0.2) is 34.9 Å². The highest BCUT2D eigenvalue weighted by Gasteiger charge is 2.14. The van der Waals surface area contributed by atoms with Crippen molar-refractivity contribution >= 4 is 12.2 Å². The van der Waals surface area contributed by atoms with Crippen LogP contribution in [0, 0.1) is 5.82 Å². The maximum absolute atomic E-state index is 13.2. The van der Waals surface area contributed by atoms with Gasteiger partial charge in [-0.2, -0.15) is 0 Å². The average Bonchev–Trinajstić information content (AvgIpc) is 2.92. The molecule has 0 bridgehead atoms. The van der Waals surface area contributed by atoms with E-state index in [9.17, 15) is 14.0 Å². The van der Waals surface area contributed by atoms with Gasteiger partial charge in [0.2, 0.25) is 0 Å². The number of carbonyl (C=O) groups excluding carboxylic acids is 2. The maximum Gasteiger partial charge on any atom is 0.268 e. The first-order chi connectivity index (χ1) is 9.63. The van der Waals surface area contributed by atoms with E-state index in [4.69, 9.17) is 15.0 Å². The zero-order valence-corrected chi connectivity index (χ0v) is 10.3. The van der Waals surface area contributed by atoms with E-state index in [0.29, 0.717) is 6.29 Å². The SMILES string of the molecule is NNC(=O)c1ccoc1COc1cc(F)cc(C=O)c1. The highest BCUT2D eigenvalue weighted by molar-refractivity contribution is 5.94. The molecule has 2 rings (SSSR count). The lowest BCUT2D eigenvalue weighted by Gasteiger charge is -2.06. The van der Waals surface area contributed by atoms with E-state index in [2.05, 4.69) is 0 Å². The van der Waals surface area contributed by atoms with Crippen molar-refractivity contribution in [3.05, 3.63) is 53.2 Å². The Labute approximate surface area is 113 Å². The summed E-state index contributed by atoms with van der Waals surface area (Å²) in [6, 6.07) is 5.02. The van der Waals surface area contributed by atoms with Crippen LogP contribution in [-0.2, 0) is 6.61 Å². The van der Waals surface area contributed by atoms with Crippen LogP contribution in [0.2, 0.25) is 0 Å². The summed E-state index contributed by atoms with van der Waals surface area (Å²) in [7, 11) is 0. The number of nitrogen functional groups attached to an aromatic ring is 1. The van der Waals surface area contributed by atoms with Crippen molar-refractivity contribution in [1.29, 1.82) is 0 Å². The van der Waals surface area contributed by atoms with Crippen LogP contribution in [0.4, 0.5) is 4.39 Å². The molecule has 0 aliphatic rings. The summed E-state index contributed by atoms with van der Waals surface area (Å²) in [5.74, 6) is 4.31. The van der Waals surface area contributed by atoms with Gasteiger partial charge in [0.15, 0.2) is 5.76 Å². The summed E-state index contributed by atoms with van der Waals surface area (Å²) >= 11 is 0. The van der Waals surface area contributed by atoms with E-state index in [0.717, 1.165) is 12.1 Å². The Hall–Kier alpha value is -2.67. The molecule has 0 radical (unpaired) electrons. The molecule has 20 heavy (non-hydrogen) atoms. The number of nitrogens with two attached hydrogens (primary N) is 1. The van der Waals surface area contributed by atoms with Crippen LogP contribution in [0.3, 0.4) is 0 Å². The molecule has 1 aromatic carbocycles. The fraction of sp³-hybridized carbons (Fsp3) is 0.0769. The van der Waals surface area contributed by atoms with Crippen LogP contribution >= 0.6 is 0 Å². The summed E-state index contributed by atoms with van der Waals surface area (Å²) < 4.78 is 23.6. The van der Waals surface area contributed by atoms with Gasteiger partial charge >= 0.3 is 0 Å². The monoisotopic (exact) mass is 278 g/mol. The molecule has 3 N–H and O–H groups in total. The number of aldehydes is 1. The zero-order valence-electron chi connectivity index (χ0n) is 10.3. The Bertz CT molecular complexity index is 639. The van der Waals surface area contributed by atoms with Gasteiger partial charge in [0, 0.05) is 11.6 Å². The van der Waals surface area contributed by atoms with Gasteiger partial charge < -0.3 is 9.15 Å². The predicted octanol–water partition coefficient (Wildman–Crippen LogP) is 1.41. The van der Waals surface area contributed by atoms with Gasteiger partial charge in [-0.05, 0) is 18.2 Å². The fourth-order valence-electron chi connectivity index (χ4n) is 1.62. The number of rotatable bonds is 5. The number of hydrogen-bond donors (Lipinski definition) is 2. The van der Waals surface area contributed by atoms with Crippen LogP contribution in [0.25, 0.3) is 0 Å². The minimum atomic E-state index is -0.594. The number of carbonyl (C=O) groups is 2. The third-order valence-electron chi connectivity index (χ3n) is 2.52. The molecule has 0 saturated carbocycles. The van der Waals surface area contributed by atoms with Crippen molar-refractivity contribution in [2.75, 3.05) is 0 Å². The second kappa shape index (κ2) is 5.98. The highest BCUT2D eigenvalue weighted by atomic mass is 19.1. The number of hydrazine groups is 1. The Morgan fingerprint density at radius 3 is 2.95 bits per heavy atom. The Balaban J connectivity index is 2.13. The first-order valence-corrected chi connectivity index (χ1v) is 5.60. The van der Waals surface area contributed by atoms with Gasteiger partial charge in [0.05, 0.1) is 11.8 Å². The molecule has 1 heterocycles. The van der Waals surface area contributed by atoms with Crippen molar-refractivity contribution in [2.24, 2.45) is 5.84 Å². The van der Waals surface area contributed by atoms with Gasteiger partial charge in [-0.1, -0.05) is 0 Å². The second-order valence-electron chi connectivity index (χ2n) is 3.86. The second-order valence-corrected chi connectivity index (χ2v) is 3.86. The molecule has 0 aliphatic carbocycles. The molecular formula is C13H11FN2O4. The van der Waals surface area contributed by atoms with Crippen LogP contribution in [0.5, 0.6) is 5.75 Å². The molecule has 7 heteroatoms. The normalized spacial score (nSPS) is 10.1.